The number of thiophene rings is 1. The number of carbonyl (C=O) groups is 1. The standard InChI is InChI=1S/C12H14BrN3OS/c1-12(2,3)8-5-10(16-15-8)14-11(17)7-4-9(13)18-6-7/h4-6H,1-3H3,(H2,14,15,16,17). The highest BCUT2D eigenvalue weighted by Crippen LogP contribution is 2.23. The van der Waals surface area contributed by atoms with Crippen molar-refractivity contribution in [3.63, 3.8) is 0 Å². The molecule has 0 unspecified atom stereocenters. The minimum Gasteiger partial charge on any atom is -0.305 e. The number of anilines is 1. The first kappa shape index (κ1) is 13.3. The van der Waals surface area contributed by atoms with E-state index >= 15 is 0 Å². The van der Waals surface area contributed by atoms with Crippen LogP contribution in [0, 0.1) is 0 Å². The third kappa shape index (κ3) is 3.00. The Hall–Kier alpha value is -1.14. The molecule has 2 N–H and O–H groups in total. The minimum atomic E-state index is -0.149. The van der Waals surface area contributed by atoms with Crippen molar-refractivity contribution >= 4 is 39.0 Å². The van der Waals surface area contributed by atoms with Crippen molar-refractivity contribution in [2.75, 3.05) is 5.32 Å². The average Bonchev–Trinajstić information content (AvgIpc) is 2.85. The van der Waals surface area contributed by atoms with E-state index in [-0.39, 0.29) is 11.3 Å². The van der Waals surface area contributed by atoms with Crippen molar-refractivity contribution < 1.29 is 4.79 Å². The number of aromatic nitrogens is 2. The van der Waals surface area contributed by atoms with Gasteiger partial charge in [-0.1, -0.05) is 20.8 Å². The van der Waals surface area contributed by atoms with Gasteiger partial charge >= 0.3 is 0 Å². The Morgan fingerprint density at radius 1 is 1.44 bits per heavy atom. The molecule has 0 bridgehead atoms. The van der Waals surface area contributed by atoms with Crippen LogP contribution in [0.25, 0.3) is 0 Å². The normalized spacial score (nSPS) is 11.6. The molecule has 2 heterocycles. The van der Waals surface area contributed by atoms with Crippen LogP contribution in [0.4, 0.5) is 5.82 Å². The van der Waals surface area contributed by atoms with E-state index in [2.05, 4.69) is 52.2 Å². The highest BCUT2D eigenvalue weighted by atomic mass is 79.9. The zero-order chi connectivity index (χ0) is 13.3. The van der Waals surface area contributed by atoms with Crippen molar-refractivity contribution in [3.8, 4) is 0 Å². The Kier molecular flexibility index (Phi) is 3.59. The molecule has 0 saturated carbocycles. The summed E-state index contributed by atoms with van der Waals surface area (Å²) in [6, 6.07) is 3.65. The number of aromatic amines is 1. The molecule has 0 aliphatic heterocycles. The summed E-state index contributed by atoms with van der Waals surface area (Å²) in [6.45, 7) is 6.26. The quantitative estimate of drug-likeness (QED) is 0.881. The van der Waals surface area contributed by atoms with Crippen LogP contribution in [-0.2, 0) is 5.41 Å². The van der Waals surface area contributed by atoms with Gasteiger partial charge in [0.1, 0.15) is 0 Å². The van der Waals surface area contributed by atoms with Crippen LogP contribution in [0.15, 0.2) is 21.3 Å². The second kappa shape index (κ2) is 4.85. The van der Waals surface area contributed by atoms with Crippen LogP contribution < -0.4 is 5.32 Å². The topological polar surface area (TPSA) is 57.8 Å². The van der Waals surface area contributed by atoms with Gasteiger partial charge in [0.05, 0.1) is 9.35 Å². The Labute approximate surface area is 118 Å². The Balaban J connectivity index is 2.10. The fourth-order valence-corrected chi connectivity index (χ4v) is 2.52. The van der Waals surface area contributed by atoms with Crippen LogP contribution in [0.5, 0.6) is 0 Å². The maximum absolute atomic E-state index is 11.9. The van der Waals surface area contributed by atoms with Crippen molar-refractivity contribution in [3.05, 3.63) is 32.6 Å². The Bertz CT molecular complexity index is 568. The van der Waals surface area contributed by atoms with Crippen molar-refractivity contribution in [2.45, 2.75) is 26.2 Å². The number of halogens is 1. The lowest BCUT2D eigenvalue weighted by Gasteiger charge is -2.14. The molecule has 2 rings (SSSR count). The van der Waals surface area contributed by atoms with Crippen LogP contribution in [0.1, 0.15) is 36.8 Å². The second-order valence-corrected chi connectivity index (χ2v) is 7.30. The zero-order valence-corrected chi connectivity index (χ0v) is 12.8. The summed E-state index contributed by atoms with van der Waals surface area (Å²) in [4.78, 5) is 11.9. The number of hydrogen-bond donors (Lipinski definition) is 2. The zero-order valence-electron chi connectivity index (χ0n) is 10.4. The molecule has 0 aliphatic rings. The molecule has 0 atom stereocenters. The Morgan fingerprint density at radius 3 is 2.67 bits per heavy atom. The van der Waals surface area contributed by atoms with Crippen LogP contribution in [0.2, 0.25) is 0 Å². The summed E-state index contributed by atoms with van der Waals surface area (Å²) in [5.74, 6) is 0.399. The molecular formula is C12H14BrN3OS. The lowest BCUT2D eigenvalue weighted by atomic mass is 9.92. The monoisotopic (exact) mass is 327 g/mol. The molecule has 18 heavy (non-hydrogen) atoms. The molecule has 0 fully saturated rings. The lowest BCUT2D eigenvalue weighted by Crippen LogP contribution is -2.12. The van der Waals surface area contributed by atoms with Crippen LogP contribution in [-0.4, -0.2) is 16.1 Å². The molecule has 6 heteroatoms. The van der Waals surface area contributed by atoms with E-state index in [1.54, 1.807) is 11.4 Å². The summed E-state index contributed by atoms with van der Waals surface area (Å²) in [7, 11) is 0. The van der Waals surface area contributed by atoms with E-state index in [0.717, 1.165) is 9.48 Å². The van der Waals surface area contributed by atoms with Gasteiger partial charge in [-0.25, -0.2) is 0 Å². The smallest absolute Gasteiger partial charge is 0.257 e. The first-order valence-corrected chi connectivity index (χ1v) is 7.15. The molecule has 0 radical (unpaired) electrons. The van der Waals surface area contributed by atoms with E-state index < -0.39 is 0 Å². The van der Waals surface area contributed by atoms with E-state index in [0.29, 0.717) is 11.4 Å². The van der Waals surface area contributed by atoms with E-state index in [4.69, 9.17) is 0 Å². The van der Waals surface area contributed by atoms with Crippen LogP contribution >= 0.6 is 27.3 Å². The summed E-state index contributed by atoms with van der Waals surface area (Å²) >= 11 is 4.81. The molecule has 0 spiro atoms. The number of rotatable bonds is 2. The molecule has 96 valence electrons. The summed E-state index contributed by atoms with van der Waals surface area (Å²) in [5, 5.41) is 11.6. The number of nitrogens with zero attached hydrogens (tertiary/aromatic N) is 1. The highest BCUT2D eigenvalue weighted by molar-refractivity contribution is 9.11. The third-order valence-electron chi connectivity index (χ3n) is 2.46. The number of nitrogens with one attached hydrogen (secondary N) is 2. The predicted molar refractivity (Wildman–Crippen MR) is 77.3 cm³/mol. The molecule has 1 amide bonds. The van der Waals surface area contributed by atoms with Gasteiger partial charge in [-0.2, -0.15) is 5.10 Å². The molecule has 0 saturated heterocycles. The van der Waals surface area contributed by atoms with Gasteiger partial charge in [-0.15, -0.1) is 11.3 Å². The van der Waals surface area contributed by atoms with Crippen LogP contribution in [0.3, 0.4) is 0 Å². The molecule has 2 aromatic rings. The third-order valence-corrected chi connectivity index (χ3v) is 3.96. The summed E-state index contributed by atoms with van der Waals surface area (Å²) < 4.78 is 0.935. The van der Waals surface area contributed by atoms with E-state index in [9.17, 15) is 4.79 Å². The maximum Gasteiger partial charge on any atom is 0.257 e. The number of amides is 1. The van der Waals surface area contributed by atoms with Gasteiger partial charge < -0.3 is 5.32 Å². The maximum atomic E-state index is 11.9. The first-order valence-electron chi connectivity index (χ1n) is 5.47. The molecule has 2 aromatic heterocycles. The predicted octanol–water partition coefficient (Wildman–Crippen LogP) is 3.78. The fourth-order valence-electron chi connectivity index (χ4n) is 1.39. The van der Waals surface area contributed by atoms with Gasteiger partial charge in [0, 0.05) is 22.6 Å². The number of H-pyrrole nitrogens is 1. The average molecular weight is 328 g/mol. The van der Waals surface area contributed by atoms with Crippen molar-refractivity contribution in [1.82, 2.24) is 10.2 Å². The number of hydrogen-bond acceptors (Lipinski definition) is 3. The van der Waals surface area contributed by atoms with E-state index in [1.807, 2.05) is 6.07 Å². The summed E-state index contributed by atoms with van der Waals surface area (Å²) in [5.41, 5.74) is 1.61. The fraction of sp³-hybridized carbons (Fsp3) is 0.333. The van der Waals surface area contributed by atoms with Gasteiger partial charge in [0.2, 0.25) is 0 Å². The molecule has 4 nitrogen and oxygen atoms in total. The van der Waals surface area contributed by atoms with Crippen molar-refractivity contribution in [1.29, 1.82) is 0 Å². The second-order valence-electron chi connectivity index (χ2n) is 5.01. The number of carbonyl (C=O) groups excluding carboxylic acids is 1. The molecule has 0 aliphatic carbocycles. The van der Waals surface area contributed by atoms with Gasteiger partial charge in [0.25, 0.3) is 5.91 Å². The lowest BCUT2D eigenvalue weighted by molar-refractivity contribution is 0.102. The highest BCUT2D eigenvalue weighted by Gasteiger charge is 2.17. The molecular weight excluding hydrogens is 314 g/mol. The largest absolute Gasteiger partial charge is 0.305 e. The minimum absolute atomic E-state index is 0.0125. The van der Waals surface area contributed by atoms with Crippen molar-refractivity contribution in [2.24, 2.45) is 0 Å². The van der Waals surface area contributed by atoms with Gasteiger partial charge in [-0.3, -0.25) is 9.89 Å². The van der Waals surface area contributed by atoms with E-state index in [1.165, 1.54) is 11.3 Å². The van der Waals surface area contributed by atoms with Gasteiger partial charge in [0.15, 0.2) is 5.82 Å². The molecule has 0 aromatic carbocycles. The first-order chi connectivity index (χ1) is 8.36. The Morgan fingerprint density at radius 2 is 2.17 bits per heavy atom. The SMILES string of the molecule is CC(C)(C)c1cc(NC(=O)c2csc(Br)c2)n[nH]1. The summed E-state index contributed by atoms with van der Waals surface area (Å²) in [6.07, 6.45) is 0. The van der Waals surface area contributed by atoms with Gasteiger partial charge in [-0.05, 0) is 22.0 Å².